The van der Waals surface area contributed by atoms with E-state index in [0.717, 1.165) is 27.2 Å². The number of hydrogen-bond donors (Lipinski definition) is 1. The average molecular weight is 331 g/mol. The zero-order chi connectivity index (χ0) is 13.4. The lowest BCUT2D eigenvalue weighted by atomic mass is 10.1. The van der Waals surface area contributed by atoms with Crippen LogP contribution < -0.4 is 5.43 Å². The van der Waals surface area contributed by atoms with Gasteiger partial charge in [-0.3, -0.25) is 4.79 Å². The van der Waals surface area contributed by atoms with Gasteiger partial charge in [0.05, 0.1) is 14.4 Å². The molecule has 3 nitrogen and oxygen atoms in total. The van der Waals surface area contributed by atoms with Crippen LogP contribution in [0.3, 0.4) is 0 Å². The van der Waals surface area contributed by atoms with Crippen LogP contribution in [0.1, 0.15) is 50.8 Å². The molecule has 0 radical (unpaired) electrons. The first kappa shape index (κ1) is 15.4. The van der Waals surface area contributed by atoms with Gasteiger partial charge in [0.2, 0.25) is 5.91 Å². The zero-order valence-corrected chi connectivity index (χ0v) is 13.2. The van der Waals surface area contributed by atoms with Crippen LogP contribution in [-0.2, 0) is 4.79 Å². The lowest BCUT2D eigenvalue weighted by Gasteiger charge is -2.01. The van der Waals surface area contributed by atoms with E-state index in [1.807, 2.05) is 19.1 Å². The van der Waals surface area contributed by atoms with E-state index in [9.17, 15) is 4.79 Å². The molecule has 0 aliphatic rings. The molecule has 1 heterocycles. The quantitative estimate of drug-likeness (QED) is 0.451. The maximum atomic E-state index is 11.5. The summed E-state index contributed by atoms with van der Waals surface area (Å²) in [4.78, 5) is 12.6. The molecule has 0 aromatic carbocycles. The Morgan fingerprint density at radius 3 is 2.78 bits per heavy atom. The molecular weight excluding hydrogens is 312 g/mol. The fourth-order valence-corrected chi connectivity index (χ4v) is 2.81. The SMILES string of the molecule is CCCCCCC(=O)NN=C(C)c1ccc(Br)s1. The minimum atomic E-state index is 0.000995. The average Bonchev–Trinajstić information content (AvgIpc) is 2.78. The normalized spacial score (nSPS) is 11.6. The van der Waals surface area contributed by atoms with Gasteiger partial charge >= 0.3 is 0 Å². The van der Waals surface area contributed by atoms with E-state index in [0.29, 0.717) is 6.42 Å². The Morgan fingerprint density at radius 1 is 1.39 bits per heavy atom. The standard InChI is InChI=1S/C13H19BrN2OS/c1-3-4-5-6-7-13(17)16-15-10(2)11-8-9-12(14)18-11/h8-9H,3-7H2,1-2H3,(H,16,17). The topological polar surface area (TPSA) is 41.5 Å². The monoisotopic (exact) mass is 330 g/mol. The highest BCUT2D eigenvalue weighted by Gasteiger charge is 2.03. The van der Waals surface area contributed by atoms with Crippen molar-refractivity contribution in [2.45, 2.75) is 46.0 Å². The van der Waals surface area contributed by atoms with Gasteiger partial charge in [0.25, 0.3) is 0 Å². The van der Waals surface area contributed by atoms with E-state index in [-0.39, 0.29) is 5.91 Å². The van der Waals surface area contributed by atoms with Crippen molar-refractivity contribution < 1.29 is 4.79 Å². The first-order valence-corrected chi connectivity index (χ1v) is 7.83. The maximum Gasteiger partial charge on any atom is 0.240 e. The highest BCUT2D eigenvalue weighted by Crippen LogP contribution is 2.22. The van der Waals surface area contributed by atoms with E-state index in [1.54, 1.807) is 11.3 Å². The van der Waals surface area contributed by atoms with Crippen LogP contribution in [0.15, 0.2) is 21.0 Å². The molecule has 1 aromatic rings. The fourth-order valence-electron chi connectivity index (χ4n) is 1.48. The second-order valence-corrected chi connectivity index (χ2v) is 6.61. The molecule has 0 saturated carbocycles. The lowest BCUT2D eigenvalue weighted by Crippen LogP contribution is -2.18. The molecular formula is C13H19BrN2OS. The maximum absolute atomic E-state index is 11.5. The van der Waals surface area contributed by atoms with Crippen molar-refractivity contribution in [2.24, 2.45) is 5.10 Å². The summed E-state index contributed by atoms with van der Waals surface area (Å²) < 4.78 is 1.07. The van der Waals surface area contributed by atoms with Gasteiger partial charge in [-0.2, -0.15) is 5.10 Å². The molecule has 0 saturated heterocycles. The molecule has 1 aromatic heterocycles. The number of nitrogens with zero attached hydrogens (tertiary/aromatic N) is 1. The summed E-state index contributed by atoms with van der Waals surface area (Å²) in [7, 11) is 0. The van der Waals surface area contributed by atoms with Gasteiger partial charge in [-0.1, -0.05) is 26.2 Å². The number of hydrogen-bond acceptors (Lipinski definition) is 3. The molecule has 5 heteroatoms. The molecule has 0 bridgehead atoms. The Morgan fingerprint density at radius 2 is 2.17 bits per heavy atom. The van der Waals surface area contributed by atoms with Crippen LogP contribution in [0.5, 0.6) is 0 Å². The minimum absolute atomic E-state index is 0.000995. The largest absolute Gasteiger partial charge is 0.273 e. The zero-order valence-electron chi connectivity index (χ0n) is 10.8. The molecule has 1 amide bonds. The Balaban J connectivity index is 2.32. The van der Waals surface area contributed by atoms with Crippen molar-refractivity contribution in [3.63, 3.8) is 0 Å². The highest BCUT2D eigenvalue weighted by atomic mass is 79.9. The van der Waals surface area contributed by atoms with Crippen LogP contribution in [-0.4, -0.2) is 11.6 Å². The highest BCUT2D eigenvalue weighted by molar-refractivity contribution is 9.11. The van der Waals surface area contributed by atoms with Crippen molar-refractivity contribution in [1.29, 1.82) is 0 Å². The summed E-state index contributed by atoms with van der Waals surface area (Å²) in [6.45, 7) is 4.06. The molecule has 0 spiro atoms. The van der Waals surface area contributed by atoms with Crippen molar-refractivity contribution >= 4 is 38.9 Å². The summed E-state index contributed by atoms with van der Waals surface area (Å²) in [6.07, 6.45) is 5.00. The number of carbonyl (C=O) groups excluding carboxylic acids is 1. The lowest BCUT2D eigenvalue weighted by molar-refractivity contribution is -0.121. The van der Waals surface area contributed by atoms with E-state index < -0.39 is 0 Å². The summed E-state index contributed by atoms with van der Waals surface area (Å²) >= 11 is 5.01. The van der Waals surface area contributed by atoms with Gasteiger partial charge in [0, 0.05) is 6.42 Å². The third-order valence-corrected chi connectivity index (χ3v) is 4.27. The van der Waals surface area contributed by atoms with Crippen LogP contribution in [0.2, 0.25) is 0 Å². The number of hydrazone groups is 1. The van der Waals surface area contributed by atoms with Crippen LogP contribution >= 0.6 is 27.3 Å². The molecule has 0 aliphatic carbocycles. The predicted octanol–water partition coefficient (Wildman–Crippen LogP) is 4.32. The van der Waals surface area contributed by atoms with Crippen LogP contribution in [0.4, 0.5) is 0 Å². The molecule has 0 unspecified atom stereocenters. The molecule has 18 heavy (non-hydrogen) atoms. The van der Waals surface area contributed by atoms with E-state index >= 15 is 0 Å². The molecule has 0 fully saturated rings. The number of rotatable bonds is 7. The van der Waals surface area contributed by atoms with E-state index in [2.05, 4.69) is 33.4 Å². The van der Waals surface area contributed by atoms with Crippen molar-refractivity contribution in [2.75, 3.05) is 0 Å². The predicted molar refractivity (Wildman–Crippen MR) is 81.1 cm³/mol. The van der Waals surface area contributed by atoms with E-state index in [4.69, 9.17) is 0 Å². The van der Waals surface area contributed by atoms with Crippen molar-refractivity contribution in [1.82, 2.24) is 5.43 Å². The summed E-state index contributed by atoms with van der Waals surface area (Å²) in [6, 6.07) is 3.96. The third-order valence-electron chi connectivity index (χ3n) is 2.54. The van der Waals surface area contributed by atoms with Gasteiger partial charge in [-0.15, -0.1) is 11.3 Å². The molecule has 0 atom stereocenters. The molecule has 100 valence electrons. The van der Waals surface area contributed by atoms with Gasteiger partial charge < -0.3 is 0 Å². The Labute approximate surface area is 121 Å². The van der Waals surface area contributed by atoms with Crippen LogP contribution in [0, 0.1) is 0 Å². The second-order valence-electron chi connectivity index (χ2n) is 4.15. The van der Waals surface area contributed by atoms with Gasteiger partial charge in [-0.25, -0.2) is 5.43 Å². The van der Waals surface area contributed by atoms with Gasteiger partial charge in [0.15, 0.2) is 0 Å². The van der Waals surface area contributed by atoms with Gasteiger partial charge in [-0.05, 0) is 41.4 Å². The first-order chi connectivity index (χ1) is 8.63. The minimum Gasteiger partial charge on any atom is -0.273 e. The fraction of sp³-hybridized carbons (Fsp3) is 0.538. The molecule has 1 N–H and O–H groups in total. The molecule has 0 aliphatic heterocycles. The summed E-state index contributed by atoms with van der Waals surface area (Å²) in [5.74, 6) is 0.000995. The number of unbranched alkanes of at least 4 members (excludes halogenated alkanes) is 3. The number of thiophene rings is 1. The Kier molecular flexibility index (Phi) is 7.20. The smallest absolute Gasteiger partial charge is 0.240 e. The van der Waals surface area contributed by atoms with Gasteiger partial charge in [0.1, 0.15) is 0 Å². The number of amides is 1. The van der Waals surface area contributed by atoms with Crippen molar-refractivity contribution in [3.8, 4) is 0 Å². The number of halogens is 1. The van der Waals surface area contributed by atoms with Crippen LogP contribution in [0.25, 0.3) is 0 Å². The first-order valence-electron chi connectivity index (χ1n) is 6.22. The molecule has 1 rings (SSSR count). The summed E-state index contributed by atoms with van der Waals surface area (Å²) in [5, 5.41) is 4.11. The van der Waals surface area contributed by atoms with E-state index in [1.165, 1.54) is 12.8 Å². The Bertz CT molecular complexity index is 415. The number of carbonyl (C=O) groups is 1. The Hall–Kier alpha value is -0.680. The summed E-state index contributed by atoms with van der Waals surface area (Å²) in [5.41, 5.74) is 3.45. The van der Waals surface area contributed by atoms with Crippen molar-refractivity contribution in [3.05, 3.63) is 20.8 Å². The number of nitrogens with one attached hydrogen (secondary N) is 1. The third kappa shape index (κ3) is 5.78. The second kappa shape index (κ2) is 8.43.